The number of benzene rings is 1. The van der Waals surface area contributed by atoms with E-state index >= 15 is 0 Å². The maximum atomic E-state index is 11.7. The number of halogens is 3. The molecule has 1 aromatic heterocycles. The summed E-state index contributed by atoms with van der Waals surface area (Å²) in [6, 6.07) is 3.77. The minimum atomic E-state index is -0.995. The van der Waals surface area contributed by atoms with Crippen molar-refractivity contribution in [1.29, 1.82) is 0 Å². The highest BCUT2D eigenvalue weighted by Crippen LogP contribution is 2.38. The van der Waals surface area contributed by atoms with Crippen molar-refractivity contribution in [3.63, 3.8) is 0 Å². The molecule has 0 bridgehead atoms. The zero-order valence-electron chi connectivity index (χ0n) is 11.3. The fraction of sp³-hybridized carbons (Fsp3) is 0.357. The number of fused-ring (bicyclic) bond motifs is 1. The molecule has 108 valence electrons. The van der Waals surface area contributed by atoms with Gasteiger partial charge in [0.2, 0.25) is 0 Å². The summed E-state index contributed by atoms with van der Waals surface area (Å²) in [6.07, 6.45) is -0.995. The first-order valence-corrected chi connectivity index (χ1v) is 8.29. The average Bonchev–Trinajstić information content (AvgIpc) is 2.69. The van der Waals surface area contributed by atoms with Crippen LogP contribution in [0.3, 0.4) is 0 Å². The second kappa shape index (κ2) is 5.35. The summed E-state index contributed by atoms with van der Waals surface area (Å²) in [5.41, 5.74) is 1.89. The van der Waals surface area contributed by atoms with Crippen LogP contribution in [-0.2, 0) is 10.7 Å². The number of hydrogen-bond acceptors (Lipinski definition) is 1. The Morgan fingerprint density at radius 2 is 2.00 bits per heavy atom. The van der Waals surface area contributed by atoms with E-state index in [1.165, 1.54) is 4.57 Å². The zero-order chi connectivity index (χ0) is 15.2. The molecule has 0 saturated heterocycles. The predicted molar refractivity (Wildman–Crippen MR) is 89.4 cm³/mol. The minimum Gasteiger partial charge on any atom is -0.464 e. The van der Waals surface area contributed by atoms with Gasteiger partial charge in [-0.3, -0.25) is 0 Å². The standard InChI is InChI=1S/C14H14Br2ClNO2/c1-14(2,3)10-5-7-4-9(16)11(17)8(6-15)12(7)18(10)13(19)20/h4-5H,6H2,1-3H3,(H,19,20). The summed E-state index contributed by atoms with van der Waals surface area (Å²) < 4.78 is 2.11. The maximum absolute atomic E-state index is 11.7. The van der Waals surface area contributed by atoms with E-state index in [0.717, 1.165) is 21.1 Å². The number of alkyl halides is 1. The number of aromatic nitrogens is 1. The average molecular weight is 424 g/mol. The smallest absolute Gasteiger partial charge is 0.416 e. The molecular weight excluding hydrogens is 409 g/mol. The van der Waals surface area contributed by atoms with E-state index in [-0.39, 0.29) is 5.41 Å². The third-order valence-corrected chi connectivity index (χ3v) is 5.01. The molecule has 1 N–H and O–H groups in total. The molecule has 0 aliphatic rings. The summed E-state index contributed by atoms with van der Waals surface area (Å²) >= 11 is 13.1. The molecule has 0 aliphatic carbocycles. The molecule has 2 aromatic rings. The fourth-order valence-electron chi connectivity index (χ4n) is 2.27. The van der Waals surface area contributed by atoms with Crippen molar-refractivity contribution in [2.75, 3.05) is 0 Å². The van der Waals surface area contributed by atoms with Gasteiger partial charge in [-0.05, 0) is 28.1 Å². The van der Waals surface area contributed by atoms with Crippen molar-refractivity contribution in [2.45, 2.75) is 31.5 Å². The zero-order valence-corrected chi connectivity index (χ0v) is 15.2. The van der Waals surface area contributed by atoms with E-state index in [2.05, 4.69) is 31.9 Å². The molecule has 0 unspecified atom stereocenters. The Labute approximate surface area is 139 Å². The summed E-state index contributed by atoms with van der Waals surface area (Å²) in [5, 5.41) is 11.5. The van der Waals surface area contributed by atoms with E-state index in [1.807, 2.05) is 32.9 Å². The monoisotopic (exact) mass is 421 g/mol. The number of nitrogens with zero attached hydrogens (tertiary/aromatic N) is 1. The van der Waals surface area contributed by atoms with Gasteiger partial charge in [0.1, 0.15) is 0 Å². The van der Waals surface area contributed by atoms with E-state index in [9.17, 15) is 9.90 Å². The first kappa shape index (κ1) is 15.9. The molecule has 0 radical (unpaired) electrons. The highest BCUT2D eigenvalue weighted by atomic mass is 79.9. The van der Waals surface area contributed by atoms with Crippen LogP contribution in [0.4, 0.5) is 4.79 Å². The Morgan fingerprint density at radius 3 is 2.45 bits per heavy atom. The lowest BCUT2D eigenvalue weighted by atomic mass is 9.92. The van der Waals surface area contributed by atoms with Gasteiger partial charge in [-0.2, -0.15) is 0 Å². The molecule has 0 spiro atoms. The Bertz CT molecular complexity index is 701. The van der Waals surface area contributed by atoms with Crippen LogP contribution in [-0.4, -0.2) is 15.8 Å². The quantitative estimate of drug-likeness (QED) is 0.591. The topological polar surface area (TPSA) is 42.2 Å². The molecule has 20 heavy (non-hydrogen) atoms. The Hall–Kier alpha value is -0.520. The van der Waals surface area contributed by atoms with Crippen LogP contribution in [0.25, 0.3) is 10.9 Å². The number of carbonyl (C=O) groups is 1. The summed E-state index contributed by atoms with van der Waals surface area (Å²) in [7, 11) is 0. The van der Waals surface area contributed by atoms with Crippen molar-refractivity contribution in [1.82, 2.24) is 4.57 Å². The largest absolute Gasteiger partial charge is 0.464 e. The van der Waals surface area contributed by atoms with Crippen molar-refractivity contribution < 1.29 is 9.90 Å². The molecule has 0 saturated carbocycles. The van der Waals surface area contributed by atoms with Crippen molar-refractivity contribution >= 4 is 60.5 Å². The summed E-state index contributed by atoms with van der Waals surface area (Å²) in [5.74, 6) is 0. The molecule has 6 heteroatoms. The fourth-order valence-corrected chi connectivity index (χ4v) is 3.67. The molecule has 0 atom stereocenters. The maximum Gasteiger partial charge on any atom is 0.416 e. The van der Waals surface area contributed by atoms with Gasteiger partial charge in [0, 0.05) is 31.9 Å². The lowest BCUT2D eigenvalue weighted by molar-refractivity contribution is 0.195. The molecule has 0 aliphatic heterocycles. The molecule has 2 rings (SSSR count). The van der Waals surface area contributed by atoms with Crippen LogP contribution < -0.4 is 0 Å². The molecular formula is C14H14Br2ClNO2. The third-order valence-electron chi connectivity index (χ3n) is 3.17. The van der Waals surface area contributed by atoms with Gasteiger partial charge in [-0.1, -0.05) is 48.3 Å². The van der Waals surface area contributed by atoms with E-state index in [4.69, 9.17) is 11.6 Å². The number of hydrogen-bond donors (Lipinski definition) is 1. The number of rotatable bonds is 1. The Kier molecular flexibility index (Phi) is 4.24. The normalized spacial score (nSPS) is 12.1. The molecule has 0 fully saturated rings. The van der Waals surface area contributed by atoms with Crippen LogP contribution in [0.15, 0.2) is 16.6 Å². The van der Waals surface area contributed by atoms with Gasteiger partial charge in [0.05, 0.1) is 10.5 Å². The van der Waals surface area contributed by atoms with Gasteiger partial charge in [0.15, 0.2) is 0 Å². The van der Waals surface area contributed by atoms with Crippen LogP contribution in [0, 0.1) is 0 Å². The SMILES string of the molecule is CC(C)(C)c1cc2cc(Br)c(Cl)c(CBr)c2n1C(=O)O. The summed E-state index contributed by atoms with van der Waals surface area (Å²) in [4.78, 5) is 11.7. The lowest BCUT2D eigenvalue weighted by Crippen LogP contribution is -2.21. The van der Waals surface area contributed by atoms with Gasteiger partial charge in [0.25, 0.3) is 0 Å². The molecule has 1 aromatic carbocycles. The van der Waals surface area contributed by atoms with Crippen molar-refractivity contribution in [3.8, 4) is 0 Å². The van der Waals surface area contributed by atoms with Crippen molar-refractivity contribution in [3.05, 3.63) is 32.9 Å². The summed E-state index contributed by atoms with van der Waals surface area (Å²) in [6.45, 7) is 5.97. The minimum absolute atomic E-state index is 0.278. The van der Waals surface area contributed by atoms with E-state index in [0.29, 0.717) is 15.9 Å². The molecule has 1 heterocycles. The third kappa shape index (κ3) is 2.51. The van der Waals surface area contributed by atoms with Gasteiger partial charge in [-0.25, -0.2) is 9.36 Å². The highest BCUT2D eigenvalue weighted by molar-refractivity contribution is 9.10. The van der Waals surface area contributed by atoms with Crippen LogP contribution >= 0.6 is 43.5 Å². The predicted octanol–water partition coefficient (Wildman–Crippen LogP) is 5.78. The van der Waals surface area contributed by atoms with Crippen LogP contribution in [0.2, 0.25) is 5.02 Å². The van der Waals surface area contributed by atoms with Gasteiger partial charge in [-0.15, -0.1) is 0 Å². The first-order valence-electron chi connectivity index (χ1n) is 6.00. The highest BCUT2D eigenvalue weighted by Gasteiger charge is 2.26. The van der Waals surface area contributed by atoms with Crippen LogP contribution in [0.1, 0.15) is 32.0 Å². The van der Waals surface area contributed by atoms with E-state index in [1.54, 1.807) is 0 Å². The second-order valence-corrected chi connectivity index (χ2v) is 7.41. The molecule has 0 amide bonds. The van der Waals surface area contributed by atoms with Crippen molar-refractivity contribution in [2.24, 2.45) is 0 Å². The van der Waals surface area contributed by atoms with Gasteiger partial charge >= 0.3 is 6.09 Å². The second-order valence-electron chi connectivity index (χ2n) is 5.62. The molecule has 3 nitrogen and oxygen atoms in total. The number of carboxylic acid groups (broad SMARTS) is 1. The Balaban J connectivity index is 3.01. The Morgan fingerprint density at radius 1 is 1.40 bits per heavy atom. The van der Waals surface area contributed by atoms with Crippen LogP contribution in [0.5, 0.6) is 0 Å². The first-order chi connectivity index (χ1) is 9.18. The lowest BCUT2D eigenvalue weighted by Gasteiger charge is -2.20. The van der Waals surface area contributed by atoms with E-state index < -0.39 is 6.09 Å². The van der Waals surface area contributed by atoms with Gasteiger partial charge < -0.3 is 5.11 Å².